The number of hydrogen-bond donors (Lipinski definition) is 1. The molecule has 0 amide bonds. The zero-order chi connectivity index (χ0) is 27.2. The summed E-state index contributed by atoms with van der Waals surface area (Å²) in [5.41, 5.74) is 6.89. The number of aliphatic imine (C=N–C) groups is 2. The fourth-order valence-corrected chi connectivity index (χ4v) is 5.72. The molecule has 4 heteroatoms. The maximum absolute atomic E-state index is 6.59. The number of para-hydroxylation sites is 1. The van der Waals surface area contributed by atoms with Crippen LogP contribution in [0.4, 0.5) is 0 Å². The van der Waals surface area contributed by atoms with Crippen molar-refractivity contribution < 1.29 is 4.42 Å². The van der Waals surface area contributed by atoms with E-state index in [-0.39, 0.29) is 6.17 Å². The number of benzene rings is 6. The molecule has 2 heterocycles. The smallest absolute Gasteiger partial charge is 0.160 e. The summed E-state index contributed by atoms with van der Waals surface area (Å²) in [4.78, 5) is 10.2. The van der Waals surface area contributed by atoms with Crippen LogP contribution in [0.3, 0.4) is 0 Å². The number of nitrogens with one attached hydrogen (secondary N) is 1. The van der Waals surface area contributed by atoms with Crippen LogP contribution in [0.2, 0.25) is 0 Å². The third-order valence-electron chi connectivity index (χ3n) is 7.73. The first-order valence-corrected chi connectivity index (χ1v) is 13.8. The predicted octanol–water partition coefficient (Wildman–Crippen LogP) is 8.90. The Morgan fingerprint density at radius 1 is 0.585 bits per heavy atom. The van der Waals surface area contributed by atoms with Crippen molar-refractivity contribution in [2.24, 2.45) is 9.98 Å². The molecule has 41 heavy (non-hydrogen) atoms. The van der Waals surface area contributed by atoms with E-state index in [1.54, 1.807) is 0 Å². The number of furan rings is 1. The number of nitrogens with zero attached hydrogens (tertiary/aromatic N) is 2. The third-order valence-corrected chi connectivity index (χ3v) is 7.73. The fraction of sp³-hybridized carbons (Fsp3) is 0.0270. The van der Waals surface area contributed by atoms with Gasteiger partial charge in [-0.05, 0) is 46.2 Å². The highest BCUT2D eigenvalue weighted by Gasteiger charge is 2.24. The topological polar surface area (TPSA) is 49.9 Å². The summed E-state index contributed by atoms with van der Waals surface area (Å²) in [5, 5.41) is 8.04. The van der Waals surface area contributed by atoms with E-state index in [4.69, 9.17) is 14.4 Å². The number of amidine groups is 2. The summed E-state index contributed by atoms with van der Waals surface area (Å²) in [6, 6.07) is 48.0. The zero-order valence-corrected chi connectivity index (χ0v) is 22.2. The predicted molar refractivity (Wildman–Crippen MR) is 168 cm³/mol. The minimum absolute atomic E-state index is 0.271. The van der Waals surface area contributed by atoms with E-state index in [1.807, 2.05) is 48.5 Å². The van der Waals surface area contributed by atoms with Gasteiger partial charge in [-0.2, -0.15) is 0 Å². The van der Waals surface area contributed by atoms with Crippen LogP contribution in [0.1, 0.15) is 22.9 Å². The van der Waals surface area contributed by atoms with Gasteiger partial charge in [0.15, 0.2) is 5.84 Å². The van der Waals surface area contributed by atoms with Crippen LogP contribution < -0.4 is 5.32 Å². The molecule has 0 saturated heterocycles. The Kier molecular flexibility index (Phi) is 5.49. The lowest BCUT2D eigenvalue weighted by atomic mass is 9.96. The molecule has 0 radical (unpaired) electrons. The largest absolute Gasteiger partial charge is 0.455 e. The van der Waals surface area contributed by atoms with Gasteiger partial charge in [-0.15, -0.1) is 0 Å². The second-order valence-corrected chi connectivity index (χ2v) is 10.3. The average molecular weight is 528 g/mol. The maximum atomic E-state index is 6.59. The van der Waals surface area contributed by atoms with E-state index in [1.165, 1.54) is 10.8 Å². The van der Waals surface area contributed by atoms with Crippen molar-refractivity contribution >= 4 is 44.4 Å². The van der Waals surface area contributed by atoms with Gasteiger partial charge in [-0.25, -0.2) is 9.98 Å². The summed E-state index contributed by atoms with van der Waals surface area (Å²) in [7, 11) is 0. The molecule has 7 aromatic rings. The zero-order valence-electron chi connectivity index (χ0n) is 22.2. The van der Waals surface area contributed by atoms with Crippen LogP contribution in [0.15, 0.2) is 154 Å². The van der Waals surface area contributed by atoms with E-state index in [0.29, 0.717) is 5.84 Å². The Morgan fingerprint density at radius 2 is 1.29 bits per heavy atom. The van der Waals surface area contributed by atoms with Gasteiger partial charge in [0.2, 0.25) is 0 Å². The van der Waals surface area contributed by atoms with E-state index < -0.39 is 0 Å². The number of rotatable bonds is 4. The van der Waals surface area contributed by atoms with Crippen molar-refractivity contribution in [1.82, 2.24) is 5.32 Å². The van der Waals surface area contributed by atoms with Crippen LogP contribution >= 0.6 is 0 Å². The van der Waals surface area contributed by atoms with Gasteiger partial charge in [0.05, 0.1) is 0 Å². The van der Waals surface area contributed by atoms with Crippen LogP contribution in [-0.2, 0) is 0 Å². The Hall–Kier alpha value is -5.48. The summed E-state index contributed by atoms with van der Waals surface area (Å²) >= 11 is 0. The second-order valence-electron chi connectivity index (χ2n) is 10.3. The molecule has 0 bridgehead atoms. The van der Waals surface area contributed by atoms with Crippen molar-refractivity contribution in [3.63, 3.8) is 0 Å². The average Bonchev–Trinajstić information content (AvgIpc) is 3.44. The van der Waals surface area contributed by atoms with Crippen molar-refractivity contribution in [2.45, 2.75) is 6.17 Å². The highest BCUT2D eigenvalue weighted by atomic mass is 16.3. The van der Waals surface area contributed by atoms with Crippen molar-refractivity contribution in [3.05, 3.63) is 156 Å². The van der Waals surface area contributed by atoms with Crippen LogP contribution in [0.25, 0.3) is 43.8 Å². The van der Waals surface area contributed by atoms with Crippen LogP contribution in [0.5, 0.6) is 0 Å². The maximum Gasteiger partial charge on any atom is 0.160 e. The molecule has 1 N–H and O–H groups in total. The van der Waals surface area contributed by atoms with Crippen molar-refractivity contribution in [1.29, 1.82) is 0 Å². The van der Waals surface area contributed by atoms with Crippen molar-refractivity contribution in [3.8, 4) is 11.1 Å². The third kappa shape index (κ3) is 4.09. The molecule has 4 nitrogen and oxygen atoms in total. The van der Waals surface area contributed by atoms with E-state index in [0.717, 1.165) is 55.6 Å². The molecule has 0 aliphatic carbocycles. The van der Waals surface area contributed by atoms with Gasteiger partial charge in [0.1, 0.15) is 23.2 Å². The summed E-state index contributed by atoms with van der Waals surface area (Å²) in [5.74, 6) is 1.47. The second kappa shape index (κ2) is 9.61. The summed E-state index contributed by atoms with van der Waals surface area (Å²) in [6.45, 7) is 0. The Balaban J connectivity index is 1.37. The molecule has 1 atom stereocenters. The molecule has 1 aromatic heterocycles. The molecule has 0 fully saturated rings. The minimum Gasteiger partial charge on any atom is -0.455 e. The number of fused-ring (bicyclic) bond motifs is 4. The van der Waals surface area contributed by atoms with Gasteiger partial charge in [0.25, 0.3) is 0 Å². The Bertz CT molecular complexity index is 2120. The molecule has 1 aliphatic rings. The molecule has 0 saturated carbocycles. The molecular weight excluding hydrogens is 502 g/mol. The van der Waals surface area contributed by atoms with E-state index in [2.05, 4.69) is 96.3 Å². The monoisotopic (exact) mass is 527 g/mol. The first-order chi connectivity index (χ1) is 20.3. The van der Waals surface area contributed by atoms with Crippen LogP contribution in [-0.4, -0.2) is 11.7 Å². The highest BCUT2D eigenvalue weighted by molar-refractivity contribution is 6.23. The molecule has 1 aliphatic heterocycles. The normalized spacial score (nSPS) is 15.1. The lowest BCUT2D eigenvalue weighted by Gasteiger charge is -2.24. The lowest BCUT2D eigenvalue weighted by molar-refractivity contribution is 0.669. The molecular formula is C37H25N3O. The summed E-state index contributed by atoms with van der Waals surface area (Å²) < 4.78 is 6.59. The fourth-order valence-electron chi connectivity index (χ4n) is 5.72. The standard InChI is InChI=1S/C37H25N3O/c1-3-12-25(13-4-1)35-38-36(26-14-5-2-6-15-26)40-37(39-35)31-22-21-29(28-20-19-24-11-7-8-16-27(24)23-28)34-33(31)30-17-9-10-18-32(30)41-34/h1-23,35H,(H,38,39,40). The molecule has 0 spiro atoms. The number of hydrogen-bond acceptors (Lipinski definition) is 4. The molecule has 194 valence electrons. The van der Waals surface area contributed by atoms with Gasteiger partial charge in [-0.1, -0.05) is 115 Å². The quantitative estimate of drug-likeness (QED) is 0.248. The molecule has 6 aromatic carbocycles. The van der Waals surface area contributed by atoms with Crippen molar-refractivity contribution in [2.75, 3.05) is 0 Å². The van der Waals surface area contributed by atoms with E-state index >= 15 is 0 Å². The molecule has 8 rings (SSSR count). The first kappa shape index (κ1) is 23.4. The highest BCUT2D eigenvalue weighted by Crippen LogP contribution is 2.39. The lowest BCUT2D eigenvalue weighted by Crippen LogP contribution is -2.33. The summed E-state index contributed by atoms with van der Waals surface area (Å²) in [6.07, 6.45) is -0.271. The van der Waals surface area contributed by atoms with Gasteiger partial charge in [-0.3, -0.25) is 0 Å². The van der Waals surface area contributed by atoms with Crippen LogP contribution in [0, 0.1) is 0 Å². The SMILES string of the molecule is c1ccc(C2=NC(c3ccc(-c4ccc5ccccc5c4)c4oc5ccccc5c34)=NC(c3ccccc3)N2)cc1. The van der Waals surface area contributed by atoms with Gasteiger partial charge in [0, 0.05) is 27.5 Å². The minimum atomic E-state index is -0.271. The van der Waals surface area contributed by atoms with E-state index in [9.17, 15) is 0 Å². The van der Waals surface area contributed by atoms with Gasteiger partial charge >= 0.3 is 0 Å². The Labute approximate surface area is 237 Å². The van der Waals surface area contributed by atoms with Gasteiger partial charge < -0.3 is 9.73 Å². The first-order valence-electron chi connectivity index (χ1n) is 13.8. The Morgan fingerprint density at radius 3 is 2.15 bits per heavy atom. The molecule has 1 unspecified atom stereocenters.